The monoisotopic (exact) mass is 384 g/mol. The number of ether oxygens (including phenoxy) is 3. The highest BCUT2D eigenvalue weighted by atomic mass is 35.5. The first kappa shape index (κ1) is 18.7. The maximum atomic E-state index is 12.6. The van der Waals surface area contributed by atoms with Crippen molar-refractivity contribution in [1.82, 2.24) is 0 Å². The maximum absolute atomic E-state index is 12.6. The lowest BCUT2D eigenvalue weighted by Crippen LogP contribution is -2.15. The first-order valence-corrected chi connectivity index (χ1v) is 8.60. The molecule has 0 aliphatic carbocycles. The Hall–Kier alpha value is -3.05. The third kappa shape index (κ3) is 4.20. The predicted octanol–water partition coefficient (Wildman–Crippen LogP) is 4.37. The molecule has 0 amide bonds. The van der Waals surface area contributed by atoms with Crippen LogP contribution in [0.25, 0.3) is 6.08 Å². The van der Waals surface area contributed by atoms with Gasteiger partial charge in [-0.1, -0.05) is 36.4 Å². The fourth-order valence-electron chi connectivity index (χ4n) is 2.60. The van der Waals surface area contributed by atoms with Crippen LogP contribution in [0.3, 0.4) is 0 Å². The summed E-state index contributed by atoms with van der Waals surface area (Å²) in [7, 11) is 0. The van der Waals surface area contributed by atoms with Gasteiger partial charge in [-0.2, -0.15) is 0 Å². The van der Waals surface area contributed by atoms with E-state index in [1.165, 1.54) is 6.08 Å². The Morgan fingerprint density at radius 2 is 2.11 bits per heavy atom. The Kier molecular flexibility index (Phi) is 5.62. The van der Waals surface area contributed by atoms with E-state index in [-0.39, 0.29) is 24.8 Å². The highest BCUT2D eigenvalue weighted by Gasteiger charge is 2.30. The van der Waals surface area contributed by atoms with Crippen molar-refractivity contribution in [2.45, 2.75) is 6.92 Å². The Labute approximate surface area is 161 Å². The molecule has 6 heteroatoms. The first-order valence-electron chi connectivity index (χ1n) is 8.22. The zero-order valence-electron chi connectivity index (χ0n) is 14.7. The van der Waals surface area contributed by atoms with Crippen molar-refractivity contribution in [2.24, 2.45) is 0 Å². The number of Topliss-reactive ketones (excluding diaryl/α,β-unsaturated/α-hetero) is 1. The number of allylic oxidation sites excluding steroid dienone is 1. The molecule has 0 saturated carbocycles. The molecule has 27 heavy (non-hydrogen) atoms. The maximum Gasteiger partial charge on any atom is 0.344 e. The van der Waals surface area contributed by atoms with Crippen LogP contribution in [-0.4, -0.2) is 25.0 Å². The fourth-order valence-corrected chi connectivity index (χ4v) is 2.80. The fraction of sp³-hybridized carbons (Fsp3) is 0.143. The molecule has 2 aromatic rings. The lowest BCUT2D eigenvalue weighted by Gasteiger charge is -2.10. The normalized spacial score (nSPS) is 13.9. The molecule has 3 rings (SSSR count). The van der Waals surface area contributed by atoms with E-state index in [9.17, 15) is 9.59 Å². The molecule has 0 bridgehead atoms. The Bertz CT molecular complexity index is 946. The second kappa shape index (κ2) is 8.10. The number of benzene rings is 2. The summed E-state index contributed by atoms with van der Waals surface area (Å²) in [5.41, 5.74) is 1.84. The number of hydrogen-bond acceptors (Lipinski definition) is 5. The zero-order chi connectivity index (χ0) is 19.4. The standard InChI is InChI=1S/C21H17ClO5/c1-3-9-25-19(23)12-26-17-8-7-16-20(24)18(27-21(16)13(17)2)11-14-5-4-6-15(22)10-14/h3-8,10-11H,1,9,12H2,2H3/b18-11-. The lowest BCUT2D eigenvalue weighted by atomic mass is 10.1. The van der Waals surface area contributed by atoms with E-state index in [1.807, 2.05) is 6.07 Å². The van der Waals surface area contributed by atoms with Crippen LogP contribution < -0.4 is 9.47 Å². The van der Waals surface area contributed by atoms with Gasteiger partial charge in [-0.15, -0.1) is 0 Å². The van der Waals surface area contributed by atoms with Gasteiger partial charge in [0, 0.05) is 10.6 Å². The number of carbonyl (C=O) groups excluding carboxylic acids is 2. The molecule has 0 atom stereocenters. The molecule has 0 radical (unpaired) electrons. The van der Waals surface area contributed by atoms with Gasteiger partial charge < -0.3 is 14.2 Å². The molecular weight excluding hydrogens is 368 g/mol. The van der Waals surface area contributed by atoms with Crippen LogP contribution in [0.5, 0.6) is 11.5 Å². The Morgan fingerprint density at radius 3 is 2.85 bits per heavy atom. The van der Waals surface area contributed by atoms with Gasteiger partial charge in [0.05, 0.1) is 5.56 Å². The molecule has 0 aromatic heterocycles. The van der Waals surface area contributed by atoms with Gasteiger partial charge in [-0.25, -0.2) is 4.79 Å². The molecule has 0 fully saturated rings. The van der Waals surface area contributed by atoms with Gasteiger partial charge >= 0.3 is 5.97 Å². The van der Waals surface area contributed by atoms with E-state index in [1.54, 1.807) is 43.3 Å². The summed E-state index contributed by atoms with van der Waals surface area (Å²) in [5.74, 6) is 0.350. The van der Waals surface area contributed by atoms with Crippen molar-refractivity contribution in [3.8, 4) is 11.5 Å². The second-order valence-electron chi connectivity index (χ2n) is 5.82. The van der Waals surface area contributed by atoms with Crippen LogP contribution in [0.2, 0.25) is 5.02 Å². The summed E-state index contributed by atoms with van der Waals surface area (Å²) < 4.78 is 16.1. The lowest BCUT2D eigenvalue weighted by molar-refractivity contribution is -0.144. The van der Waals surface area contributed by atoms with Gasteiger partial charge in [0.2, 0.25) is 5.78 Å². The topological polar surface area (TPSA) is 61.8 Å². The molecule has 2 aromatic carbocycles. The molecule has 1 aliphatic heterocycles. The number of hydrogen-bond donors (Lipinski definition) is 0. The largest absolute Gasteiger partial charge is 0.481 e. The van der Waals surface area contributed by atoms with E-state index in [4.69, 9.17) is 25.8 Å². The highest BCUT2D eigenvalue weighted by Crippen LogP contribution is 2.39. The van der Waals surface area contributed by atoms with Crippen LogP contribution >= 0.6 is 11.6 Å². The van der Waals surface area contributed by atoms with E-state index >= 15 is 0 Å². The average Bonchev–Trinajstić information content (AvgIpc) is 2.96. The van der Waals surface area contributed by atoms with Gasteiger partial charge in [0.15, 0.2) is 12.4 Å². The number of halogens is 1. The minimum atomic E-state index is -0.506. The first-order chi connectivity index (χ1) is 13.0. The van der Waals surface area contributed by atoms with Gasteiger partial charge in [-0.05, 0) is 42.8 Å². The van der Waals surface area contributed by atoms with E-state index < -0.39 is 5.97 Å². The third-order valence-corrected chi connectivity index (χ3v) is 4.13. The number of ketones is 1. The summed E-state index contributed by atoms with van der Waals surface area (Å²) in [5, 5.41) is 0.572. The quantitative estimate of drug-likeness (QED) is 0.420. The zero-order valence-corrected chi connectivity index (χ0v) is 15.4. The van der Waals surface area contributed by atoms with Crippen molar-refractivity contribution < 1.29 is 23.8 Å². The van der Waals surface area contributed by atoms with Crippen molar-refractivity contribution in [2.75, 3.05) is 13.2 Å². The van der Waals surface area contributed by atoms with Crippen LogP contribution in [0.4, 0.5) is 0 Å². The van der Waals surface area contributed by atoms with E-state index in [0.717, 1.165) is 5.56 Å². The second-order valence-corrected chi connectivity index (χ2v) is 6.26. The van der Waals surface area contributed by atoms with Crippen LogP contribution in [0.1, 0.15) is 21.5 Å². The van der Waals surface area contributed by atoms with Crippen molar-refractivity contribution in [1.29, 1.82) is 0 Å². The minimum absolute atomic E-state index is 0.126. The summed E-state index contributed by atoms with van der Waals surface area (Å²) >= 11 is 5.98. The summed E-state index contributed by atoms with van der Waals surface area (Å²) in [6.07, 6.45) is 3.12. The number of carbonyl (C=O) groups is 2. The van der Waals surface area contributed by atoms with Crippen LogP contribution in [0, 0.1) is 6.92 Å². The number of fused-ring (bicyclic) bond motifs is 1. The molecule has 1 aliphatic rings. The van der Waals surface area contributed by atoms with E-state index in [0.29, 0.717) is 27.6 Å². The molecule has 0 saturated heterocycles. The third-order valence-electron chi connectivity index (χ3n) is 3.89. The molecule has 1 heterocycles. The molecule has 0 N–H and O–H groups in total. The van der Waals surface area contributed by atoms with E-state index in [2.05, 4.69) is 6.58 Å². The number of rotatable bonds is 6. The highest BCUT2D eigenvalue weighted by molar-refractivity contribution is 6.30. The number of esters is 1. The van der Waals surface area contributed by atoms with Crippen LogP contribution in [0.15, 0.2) is 54.8 Å². The molecule has 0 unspecified atom stereocenters. The van der Waals surface area contributed by atoms with Gasteiger partial charge in [-0.3, -0.25) is 4.79 Å². The Balaban J connectivity index is 1.79. The van der Waals surface area contributed by atoms with Crippen molar-refractivity contribution in [3.63, 3.8) is 0 Å². The molecule has 0 spiro atoms. The SMILES string of the molecule is C=CCOC(=O)COc1ccc2c(c1C)O/C(=C\c1cccc(Cl)c1)C2=O. The average molecular weight is 385 g/mol. The van der Waals surface area contributed by atoms with Crippen LogP contribution in [-0.2, 0) is 9.53 Å². The van der Waals surface area contributed by atoms with Crippen molar-refractivity contribution >= 4 is 29.4 Å². The molecule has 138 valence electrons. The summed E-state index contributed by atoms with van der Waals surface area (Å²) in [4.78, 5) is 24.1. The Morgan fingerprint density at radius 1 is 1.30 bits per heavy atom. The molecular formula is C21H17ClO5. The predicted molar refractivity (Wildman–Crippen MR) is 102 cm³/mol. The minimum Gasteiger partial charge on any atom is -0.481 e. The van der Waals surface area contributed by atoms with Gasteiger partial charge in [0.25, 0.3) is 0 Å². The van der Waals surface area contributed by atoms with Crippen molar-refractivity contribution in [3.05, 3.63) is 76.5 Å². The molecule has 5 nitrogen and oxygen atoms in total. The summed E-state index contributed by atoms with van der Waals surface area (Å²) in [6, 6.07) is 10.4. The summed E-state index contributed by atoms with van der Waals surface area (Å²) in [6.45, 7) is 5.12. The van der Waals surface area contributed by atoms with Gasteiger partial charge in [0.1, 0.15) is 18.1 Å². The smallest absolute Gasteiger partial charge is 0.344 e.